The van der Waals surface area contributed by atoms with E-state index in [4.69, 9.17) is 11.6 Å². The summed E-state index contributed by atoms with van der Waals surface area (Å²) in [5.74, 6) is -0.583. The lowest BCUT2D eigenvalue weighted by atomic mass is 10.1. The Hall–Kier alpha value is -3.20. The van der Waals surface area contributed by atoms with Crippen LogP contribution < -0.4 is 5.32 Å². The number of carbonyl (C=O) groups is 2. The Morgan fingerprint density at radius 3 is 2.09 bits per heavy atom. The number of anilines is 1. The van der Waals surface area contributed by atoms with Crippen molar-refractivity contribution in [1.82, 2.24) is 9.21 Å². The summed E-state index contributed by atoms with van der Waals surface area (Å²) >= 11 is 6.09. The zero-order chi connectivity index (χ0) is 23.4. The van der Waals surface area contributed by atoms with Crippen molar-refractivity contribution in [3.8, 4) is 0 Å². The number of hydrogen-bond donors (Lipinski definition) is 1. The lowest BCUT2D eigenvalue weighted by Gasteiger charge is -2.34. The summed E-state index contributed by atoms with van der Waals surface area (Å²) in [4.78, 5) is 27.4. The van der Waals surface area contributed by atoms with Gasteiger partial charge in [0.25, 0.3) is 11.8 Å². The molecule has 33 heavy (non-hydrogen) atoms. The van der Waals surface area contributed by atoms with Gasteiger partial charge >= 0.3 is 0 Å². The van der Waals surface area contributed by atoms with Crippen molar-refractivity contribution in [3.63, 3.8) is 0 Å². The molecular weight excluding hydrogens is 462 g/mol. The summed E-state index contributed by atoms with van der Waals surface area (Å²) in [6.07, 6.45) is 0. The van der Waals surface area contributed by atoms with E-state index in [0.717, 1.165) is 0 Å². The maximum atomic E-state index is 13.2. The number of piperazine rings is 1. The highest BCUT2D eigenvalue weighted by atomic mass is 35.5. The maximum absolute atomic E-state index is 13.2. The van der Waals surface area contributed by atoms with Gasteiger partial charge in [0, 0.05) is 31.7 Å². The number of amides is 2. The topological polar surface area (TPSA) is 86.8 Å². The molecule has 1 aliphatic heterocycles. The molecule has 0 atom stereocenters. The first-order chi connectivity index (χ1) is 15.9. The third-order valence-corrected chi connectivity index (χ3v) is 7.82. The van der Waals surface area contributed by atoms with E-state index >= 15 is 0 Å². The smallest absolute Gasteiger partial charge is 0.256 e. The van der Waals surface area contributed by atoms with E-state index in [9.17, 15) is 18.0 Å². The first-order valence-corrected chi connectivity index (χ1v) is 12.2. The van der Waals surface area contributed by atoms with E-state index in [1.54, 1.807) is 65.6 Å². The molecule has 4 rings (SSSR count). The van der Waals surface area contributed by atoms with Crippen LogP contribution in [0.1, 0.15) is 20.7 Å². The highest BCUT2D eigenvalue weighted by Gasteiger charge is 2.32. The number of hydrogen-bond acceptors (Lipinski definition) is 4. The predicted molar refractivity (Wildman–Crippen MR) is 127 cm³/mol. The summed E-state index contributed by atoms with van der Waals surface area (Å²) < 4.78 is 27.2. The van der Waals surface area contributed by atoms with Crippen LogP contribution in [-0.4, -0.2) is 55.6 Å². The molecule has 0 radical (unpaired) electrons. The number of carbonyl (C=O) groups excluding carboxylic acids is 2. The molecular formula is C24H22ClN3O4S. The number of nitrogens with zero attached hydrogens (tertiary/aromatic N) is 2. The molecule has 9 heteroatoms. The van der Waals surface area contributed by atoms with E-state index in [-0.39, 0.29) is 47.9 Å². The second kappa shape index (κ2) is 9.74. The van der Waals surface area contributed by atoms with E-state index < -0.39 is 10.0 Å². The van der Waals surface area contributed by atoms with Crippen molar-refractivity contribution in [2.75, 3.05) is 31.5 Å². The third-order valence-electron chi connectivity index (χ3n) is 5.42. The Morgan fingerprint density at radius 1 is 0.788 bits per heavy atom. The van der Waals surface area contributed by atoms with Gasteiger partial charge in [-0.2, -0.15) is 4.31 Å². The largest absolute Gasteiger partial charge is 0.336 e. The number of rotatable bonds is 5. The van der Waals surface area contributed by atoms with Gasteiger partial charge in [-0.15, -0.1) is 0 Å². The zero-order valence-electron chi connectivity index (χ0n) is 17.6. The lowest BCUT2D eigenvalue weighted by molar-refractivity contribution is 0.0699. The molecule has 3 aromatic rings. The average molecular weight is 484 g/mol. The predicted octanol–water partition coefficient (Wildman–Crippen LogP) is 3.74. The van der Waals surface area contributed by atoms with Gasteiger partial charge in [-0.1, -0.05) is 54.1 Å². The van der Waals surface area contributed by atoms with Crippen LogP contribution in [0.15, 0.2) is 83.8 Å². The van der Waals surface area contributed by atoms with Crippen LogP contribution in [0.5, 0.6) is 0 Å². The molecule has 1 N–H and O–H groups in total. The molecule has 0 aromatic heterocycles. The Labute approximate surface area is 197 Å². The fraction of sp³-hybridized carbons (Fsp3) is 0.167. The summed E-state index contributed by atoms with van der Waals surface area (Å²) in [5, 5.41) is 2.97. The van der Waals surface area contributed by atoms with Gasteiger partial charge < -0.3 is 10.2 Å². The second-order valence-electron chi connectivity index (χ2n) is 7.49. The molecule has 0 bridgehead atoms. The van der Waals surface area contributed by atoms with Gasteiger partial charge in [-0.3, -0.25) is 9.59 Å². The third kappa shape index (κ3) is 4.93. The van der Waals surface area contributed by atoms with Crippen molar-refractivity contribution < 1.29 is 18.0 Å². The SMILES string of the molecule is O=C(Nc1ccccc1C(=O)N1CCN(S(=O)(=O)c2ccccc2Cl)CC1)c1ccccc1. The van der Waals surface area contributed by atoms with Crippen molar-refractivity contribution in [2.24, 2.45) is 0 Å². The molecule has 1 saturated heterocycles. The number of para-hydroxylation sites is 1. The van der Waals surface area contributed by atoms with Crippen LogP contribution in [0.2, 0.25) is 5.02 Å². The molecule has 0 saturated carbocycles. The molecule has 1 aliphatic rings. The number of benzene rings is 3. The summed E-state index contributed by atoms with van der Waals surface area (Å²) in [5.41, 5.74) is 1.24. The minimum absolute atomic E-state index is 0.0559. The molecule has 0 spiro atoms. The molecule has 0 unspecified atom stereocenters. The highest BCUT2D eigenvalue weighted by molar-refractivity contribution is 7.89. The quantitative estimate of drug-likeness (QED) is 0.599. The zero-order valence-corrected chi connectivity index (χ0v) is 19.2. The van der Waals surface area contributed by atoms with E-state index in [1.165, 1.54) is 16.4 Å². The van der Waals surface area contributed by atoms with Crippen molar-refractivity contribution in [3.05, 3.63) is 95.0 Å². The molecule has 0 aliphatic carbocycles. The van der Waals surface area contributed by atoms with Crippen LogP contribution in [0, 0.1) is 0 Å². The van der Waals surface area contributed by atoms with Crippen LogP contribution in [-0.2, 0) is 10.0 Å². The molecule has 2 amide bonds. The molecule has 3 aromatic carbocycles. The minimum atomic E-state index is -3.75. The van der Waals surface area contributed by atoms with Gasteiger partial charge in [-0.25, -0.2) is 8.42 Å². The highest BCUT2D eigenvalue weighted by Crippen LogP contribution is 2.26. The second-order valence-corrected chi connectivity index (χ2v) is 9.81. The Kier molecular flexibility index (Phi) is 6.78. The first kappa shape index (κ1) is 23.0. The van der Waals surface area contributed by atoms with Gasteiger partial charge in [-0.05, 0) is 36.4 Å². The van der Waals surface area contributed by atoms with Crippen molar-refractivity contribution >= 4 is 39.1 Å². The molecule has 1 fully saturated rings. The molecule has 7 nitrogen and oxygen atoms in total. The first-order valence-electron chi connectivity index (χ1n) is 10.4. The number of nitrogens with one attached hydrogen (secondary N) is 1. The van der Waals surface area contributed by atoms with E-state index in [1.807, 2.05) is 6.07 Å². The fourth-order valence-electron chi connectivity index (χ4n) is 3.66. The van der Waals surface area contributed by atoms with Crippen LogP contribution >= 0.6 is 11.6 Å². The van der Waals surface area contributed by atoms with Gasteiger partial charge in [0.2, 0.25) is 10.0 Å². The van der Waals surface area contributed by atoms with Gasteiger partial charge in [0.1, 0.15) is 4.90 Å². The number of sulfonamides is 1. The van der Waals surface area contributed by atoms with Gasteiger partial charge in [0.15, 0.2) is 0 Å². The minimum Gasteiger partial charge on any atom is -0.336 e. The average Bonchev–Trinajstić information content (AvgIpc) is 2.85. The normalized spacial score (nSPS) is 14.6. The maximum Gasteiger partial charge on any atom is 0.256 e. The summed E-state index contributed by atoms with van der Waals surface area (Å²) in [7, 11) is -3.75. The van der Waals surface area contributed by atoms with Crippen molar-refractivity contribution in [2.45, 2.75) is 4.90 Å². The van der Waals surface area contributed by atoms with Crippen LogP contribution in [0.25, 0.3) is 0 Å². The lowest BCUT2D eigenvalue weighted by Crippen LogP contribution is -2.50. The Balaban J connectivity index is 1.46. The standard InChI is InChI=1S/C24H22ClN3O4S/c25-20-11-5-7-13-22(20)33(31,32)28-16-14-27(15-17-28)24(30)19-10-4-6-12-21(19)26-23(29)18-8-2-1-3-9-18/h1-13H,14-17H2,(H,26,29). The van der Waals surface area contributed by atoms with E-state index in [0.29, 0.717) is 16.8 Å². The van der Waals surface area contributed by atoms with E-state index in [2.05, 4.69) is 5.32 Å². The van der Waals surface area contributed by atoms with Crippen LogP contribution in [0.4, 0.5) is 5.69 Å². The molecule has 1 heterocycles. The Bertz CT molecular complexity index is 1270. The Morgan fingerprint density at radius 2 is 1.39 bits per heavy atom. The van der Waals surface area contributed by atoms with Crippen molar-refractivity contribution in [1.29, 1.82) is 0 Å². The summed E-state index contributed by atoms with van der Waals surface area (Å²) in [6.45, 7) is 0.753. The summed E-state index contributed by atoms with van der Waals surface area (Å²) in [6, 6.07) is 21.8. The van der Waals surface area contributed by atoms with Crippen LogP contribution in [0.3, 0.4) is 0 Å². The molecule has 170 valence electrons. The number of halogens is 1. The fourth-order valence-corrected chi connectivity index (χ4v) is 5.57. The van der Waals surface area contributed by atoms with Gasteiger partial charge in [0.05, 0.1) is 16.3 Å². The monoisotopic (exact) mass is 483 g/mol.